The van der Waals surface area contributed by atoms with E-state index in [4.69, 9.17) is 9.73 Å². The van der Waals surface area contributed by atoms with Crippen LogP contribution in [0.15, 0.2) is 58.2 Å². The van der Waals surface area contributed by atoms with Crippen LogP contribution in [-0.2, 0) is 33.7 Å². The molecule has 0 N–H and O–H groups in total. The van der Waals surface area contributed by atoms with Crippen LogP contribution in [-0.4, -0.2) is 77.1 Å². The lowest BCUT2D eigenvalue weighted by atomic mass is 10.0. The third kappa shape index (κ3) is 8.08. The highest BCUT2D eigenvalue weighted by Gasteiger charge is 2.25. The fourth-order valence-corrected chi connectivity index (χ4v) is 4.14. The lowest BCUT2D eigenvalue weighted by Crippen LogP contribution is -2.35. The average molecular weight is 548 g/mol. The van der Waals surface area contributed by atoms with Crippen LogP contribution < -0.4 is 5.56 Å². The Balaban J connectivity index is 1.75. The van der Waals surface area contributed by atoms with Crippen molar-refractivity contribution in [2.75, 3.05) is 28.2 Å². The van der Waals surface area contributed by atoms with E-state index >= 15 is 0 Å². The Labute approximate surface area is 234 Å². The molecule has 2 aromatic heterocycles. The molecule has 3 rings (SSSR count). The number of Topliss-reactive ketones (excluding diaryl/α,β-unsaturated/α-hetero) is 1. The molecular formula is C30H37N5O5. The normalized spacial score (nSPS) is 12.9. The Kier molecular flexibility index (Phi) is 10.3. The van der Waals surface area contributed by atoms with E-state index in [9.17, 15) is 19.2 Å². The number of nitrogens with zero attached hydrogens (tertiary/aromatic N) is 5. The molecule has 0 aliphatic carbocycles. The Morgan fingerprint density at radius 1 is 1.12 bits per heavy atom. The minimum Gasteiger partial charge on any atom is -0.438 e. The highest BCUT2D eigenvalue weighted by Crippen LogP contribution is 2.31. The molecule has 10 heteroatoms. The van der Waals surface area contributed by atoms with Gasteiger partial charge in [-0.25, -0.2) is 4.79 Å². The van der Waals surface area contributed by atoms with Crippen LogP contribution in [0.4, 0.5) is 10.5 Å². The molecule has 1 aliphatic rings. The number of aliphatic imine (C=N–C) groups is 1. The van der Waals surface area contributed by atoms with Gasteiger partial charge in [-0.3, -0.25) is 24.4 Å². The van der Waals surface area contributed by atoms with Crippen LogP contribution in [0.25, 0.3) is 6.08 Å². The lowest BCUT2D eigenvalue weighted by molar-refractivity contribution is -0.127. The Bertz CT molecular complexity index is 1410. The second-order valence-corrected chi connectivity index (χ2v) is 10.4. The maximum atomic E-state index is 13.3. The van der Waals surface area contributed by atoms with Gasteiger partial charge in [0.25, 0.3) is 5.56 Å². The molecule has 1 aliphatic heterocycles. The van der Waals surface area contributed by atoms with Crippen molar-refractivity contribution >= 4 is 35.3 Å². The molecule has 0 aromatic carbocycles. The molecule has 2 amide bonds. The molecule has 0 radical (unpaired) electrons. The summed E-state index contributed by atoms with van der Waals surface area (Å²) in [7, 11) is 6.33. The maximum Gasteiger partial charge on any atom is 0.409 e. The number of ketones is 1. The number of allylic oxidation sites excluding steroid dienone is 2. The van der Waals surface area contributed by atoms with Crippen LogP contribution in [0.2, 0.25) is 0 Å². The predicted molar refractivity (Wildman–Crippen MR) is 155 cm³/mol. The topological polar surface area (TPSA) is 114 Å². The number of carbonyl (C=O) groups excluding carboxylic acids is 3. The SMILES string of the molecule is CC(C)=Cc1cncc2c1N=C(Cn1cccc(CC(=O)[C@H](CC/C=C/C(=O)N(C)C)OC(=O)N(C)C)c1=O)C2. The first-order valence-electron chi connectivity index (χ1n) is 13.1. The second kappa shape index (κ2) is 13.6. The van der Waals surface area contributed by atoms with Crippen molar-refractivity contribution in [2.45, 2.75) is 52.2 Å². The summed E-state index contributed by atoms with van der Waals surface area (Å²) in [6.45, 7) is 4.31. The molecule has 1 atom stereocenters. The van der Waals surface area contributed by atoms with E-state index in [0.29, 0.717) is 18.4 Å². The van der Waals surface area contributed by atoms with Crippen molar-refractivity contribution in [2.24, 2.45) is 4.99 Å². The molecule has 212 valence electrons. The predicted octanol–water partition coefficient (Wildman–Crippen LogP) is 3.60. The zero-order chi connectivity index (χ0) is 29.4. The van der Waals surface area contributed by atoms with E-state index < -0.39 is 12.2 Å². The second-order valence-electron chi connectivity index (χ2n) is 10.4. The maximum absolute atomic E-state index is 13.3. The highest BCUT2D eigenvalue weighted by atomic mass is 16.6. The number of amides is 2. The molecule has 2 aromatic rings. The van der Waals surface area contributed by atoms with Gasteiger partial charge >= 0.3 is 6.09 Å². The van der Waals surface area contributed by atoms with Gasteiger partial charge in [-0.15, -0.1) is 0 Å². The molecule has 0 bridgehead atoms. The van der Waals surface area contributed by atoms with Gasteiger partial charge in [0.05, 0.1) is 12.2 Å². The fourth-order valence-electron chi connectivity index (χ4n) is 4.14. The molecule has 3 heterocycles. The van der Waals surface area contributed by atoms with Gasteiger partial charge < -0.3 is 19.1 Å². The van der Waals surface area contributed by atoms with Gasteiger partial charge in [-0.1, -0.05) is 23.8 Å². The van der Waals surface area contributed by atoms with Gasteiger partial charge in [-0.2, -0.15) is 0 Å². The summed E-state index contributed by atoms with van der Waals surface area (Å²) in [4.78, 5) is 62.3. The molecule has 10 nitrogen and oxygen atoms in total. The van der Waals surface area contributed by atoms with Gasteiger partial charge in [-0.05, 0) is 38.8 Å². The summed E-state index contributed by atoms with van der Waals surface area (Å²) in [6, 6.07) is 3.33. The first-order valence-corrected chi connectivity index (χ1v) is 13.1. The molecule has 0 spiro atoms. The number of pyridine rings is 2. The van der Waals surface area contributed by atoms with Gasteiger partial charge in [0.2, 0.25) is 5.91 Å². The Morgan fingerprint density at radius 2 is 1.88 bits per heavy atom. The first-order chi connectivity index (χ1) is 19.0. The summed E-state index contributed by atoms with van der Waals surface area (Å²) in [5, 5.41) is 0. The van der Waals surface area contributed by atoms with Crippen molar-refractivity contribution in [3.05, 3.63) is 75.5 Å². The molecule has 0 saturated heterocycles. The van der Waals surface area contributed by atoms with E-state index in [1.807, 2.05) is 19.9 Å². The molecular weight excluding hydrogens is 510 g/mol. The van der Waals surface area contributed by atoms with Crippen LogP contribution in [0.1, 0.15) is 43.4 Å². The average Bonchev–Trinajstić information content (AvgIpc) is 3.31. The fraction of sp³-hybridized carbons (Fsp3) is 0.400. The summed E-state index contributed by atoms with van der Waals surface area (Å²) in [6.07, 6.45) is 9.57. The molecule has 40 heavy (non-hydrogen) atoms. The number of likely N-dealkylation sites (N-methyl/N-ethyl adjacent to an activating group) is 1. The van der Waals surface area contributed by atoms with E-state index in [0.717, 1.165) is 28.1 Å². The summed E-state index contributed by atoms with van der Waals surface area (Å²) >= 11 is 0. The summed E-state index contributed by atoms with van der Waals surface area (Å²) < 4.78 is 6.96. The Hall–Kier alpha value is -4.34. The van der Waals surface area contributed by atoms with Crippen molar-refractivity contribution in [1.29, 1.82) is 0 Å². The minimum absolute atomic E-state index is 0.183. The van der Waals surface area contributed by atoms with E-state index in [-0.39, 0.29) is 36.6 Å². The number of rotatable bonds is 11. The van der Waals surface area contributed by atoms with Gasteiger partial charge in [0.1, 0.15) is 0 Å². The van der Waals surface area contributed by atoms with Crippen LogP contribution in [0.5, 0.6) is 0 Å². The first kappa shape index (κ1) is 30.2. The zero-order valence-electron chi connectivity index (χ0n) is 24.0. The van der Waals surface area contributed by atoms with Gasteiger partial charge in [0.15, 0.2) is 11.9 Å². The van der Waals surface area contributed by atoms with Crippen molar-refractivity contribution in [3.8, 4) is 0 Å². The minimum atomic E-state index is -1.06. The summed E-state index contributed by atoms with van der Waals surface area (Å²) in [5.74, 6) is -0.571. The number of ether oxygens (including phenoxy) is 1. The monoisotopic (exact) mass is 547 g/mol. The number of carbonyl (C=O) groups is 3. The molecule has 0 unspecified atom stereocenters. The van der Waals surface area contributed by atoms with Crippen molar-refractivity contribution in [1.82, 2.24) is 19.4 Å². The molecule has 0 saturated carbocycles. The van der Waals surface area contributed by atoms with Crippen molar-refractivity contribution in [3.63, 3.8) is 0 Å². The Morgan fingerprint density at radius 3 is 2.55 bits per heavy atom. The third-order valence-corrected chi connectivity index (χ3v) is 6.21. The largest absolute Gasteiger partial charge is 0.438 e. The van der Waals surface area contributed by atoms with Crippen LogP contribution in [0, 0.1) is 0 Å². The highest BCUT2D eigenvalue weighted by molar-refractivity contribution is 5.95. The number of hydrogen-bond donors (Lipinski definition) is 0. The third-order valence-electron chi connectivity index (χ3n) is 6.21. The van der Waals surface area contributed by atoms with Gasteiger partial charge in [0, 0.05) is 82.0 Å². The molecule has 0 fully saturated rings. The van der Waals surface area contributed by atoms with E-state index in [1.165, 1.54) is 34.5 Å². The van der Waals surface area contributed by atoms with Crippen molar-refractivity contribution < 1.29 is 19.1 Å². The zero-order valence-corrected chi connectivity index (χ0v) is 24.0. The number of fused-ring (bicyclic) bond motifs is 1. The summed E-state index contributed by atoms with van der Waals surface area (Å²) in [5.41, 5.74) is 4.80. The van der Waals surface area contributed by atoms with Crippen LogP contribution in [0.3, 0.4) is 0 Å². The standard InChI is InChI=1S/C30H37N5O5/c1-20(2)14-22-17-31-18-23-15-24(32-28(22)23)19-35-13-9-10-21(29(35)38)16-25(36)26(40-30(39)34(5)6)11-7-8-12-27(37)33(3)4/h8-10,12-14,17-18,26H,7,11,15-16,19H2,1-6H3/b12-8+/t26-/m0/s1. The number of aromatic nitrogens is 2. The van der Waals surface area contributed by atoms with E-state index in [2.05, 4.69) is 4.98 Å². The smallest absolute Gasteiger partial charge is 0.409 e. The quantitative estimate of drug-likeness (QED) is 0.397. The van der Waals surface area contributed by atoms with Crippen LogP contribution >= 0.6 is 0 Å². The lowest BCUT2D eigenvalue weighted by Gasteiger charge is -2.19. The number of hydrogen-bond acceptors (Lipinski definition) is 7. The van der Waals surface area contributed by atoms with E-state index in [1.54, 1.807) is 50.9 Å².